The molecule has 0 aliphatic rings. The monoisotopic (exact) mass is 357 g/mol. The van der Waals surface area contributed by atoms with Gasteiger partial charge in [0.15, 0.2) is 8.32 Å². The van der Waals surface area contributed by atoms with Gasteiger partial charge in [-0.25, -0.2) is 0 Å². The van der Waals surface area contributed by atoms with Gasteiger partial charge in [-0.1, -0.05) is 69.3 Å². The van der Waals surface area contributed by atoms with E-state index in [4.69, 9.17) is 14.9 Å². The van der Waals surface area contributed by atoms with E-state index in [1.165, 1.54) is 0 Å². The van der Waals surface area contributed by atoms with Crippen LogP contribution in [0, 0.1) is 0 Å². The van der Waals surface area contributed by atoms with Crippen molar-refractivity contribution in [3.63, 3.8) is 0 Å². The normalized spacial score (nSPS) is 13.5. The van der Waals surface area contributed by atoms with Gasteiger partial charge in [0.2, 0.25) is 0 Å². The summed E-state index contributed by atoms with van der Waals surface area (Å²) in [5.41, 5.74) is 8.57. The zero-order valence-electron chi connectivity index (χ0n) is 16.1. The predicted molar refractivity (Wildman–Crippen MR) is 107 cm³/mol. The predicted octanol–water partition coefficient (Wildman–Crippen LogP) is 5.29. The third-order valence-electron chi connectivity index (χ3n) is 4.99. The Bertz CT molecular complexity index is 665. The summed E-state index contributed by atoms with van der Waals surface area (Å²) in [4.78, 5) is 0. The molecule has 2 aromatic rings. The molecule has 1 unspecified atom stereocenters. The maximum Gasteiger partial charge on any atom is 0.192 e. The number of para-hydroxylation sites is 1. The smallest absolute Gasteiger partial charge is 0.192 e. The van der Waals surface area contributed by atoms with Crippen LogP contribution in [0.25, 0.3) is 0 Å². The fourth-order valence-electron chi connectivity index (χ4n) is 2.26. The van der Waals surface area contributed by atoms with Crippen LogP contribution in [0.1, 0.15) is 37.9 Å². The molecule has 0 amide bonds. The number of benzene rings is 2. The third-order valence-corrected chi connectivity index (χ3v) is 9.49. The average Bonchev–Trinajstić information content (AvgIpc) is 2.58. The zero-order chi connectivity index (χ0) is 18.5. The lowest BCUT2D eigenvalue weighted by atomic mass is 10.1. The van der Waals surface area contributed by atoms with Gasteiger partial charge in [0.05, 0.1) is 12.6 Å². The van der Waals surface area contributed by atoms with Gasteiger partial charge in [0.25, 0.3) is 0 Å². The summed E-state index contributed by atoms with van der Waals surface area (Å²) in [6.07, 6.45) is 0. The number of nitrogens with two attached hydrogens (primary N) is 1. The molecule has 0 saturated heterocycles. The fraction of sp³-hybridized carbons (Fsp3) is 0.429. The molecule has 0 bridgehead atoms. The van der Waals surface area contributed by atoms with Crippen LogP contribution in [0.5, 0.6) is 5.75 Å². The number of hydrogen-bond acceptors (Lipinski definition) is 3. The Morgan fingerprint density at radius 1 is 0.960 bits per heavy atom. The van der Waals surface area contributed by atoms with E-state index in [0.717, 1.165) is 16.9 Å². The number of ether oxygens (including phenoxy) is 1. The van der Waals surface area contributed by atoms with E-state index in [9.17, 15) is 0 Å². The fourth-order valence-corrected chi connectivity index (χ4v) is 3.29. The third kappa shape index (κ3) is 5.43. The van der Waals surface area contributed by atoms with Crippen LogP contribution >= 0.6 is 0 Å². The molecule has 0 saturated carbocycles. The molecule has 2 N–H and O–H groups in total. The summed E-state index contributed by atoms with van der Waals surface area (Å²) in [6, 6.07) is 17.9. The van der Waals surface area contributed by atoms with E-state index in [1.807, 2.05) is 42.5 Å². The lowest BCUT2D eigenvalue weighted by molar-refractivity contribution is 0.256. The Balaban J connectivity index is 2.04. The molecule has 0 spiro atoms. The Kier molecular flexibility index (Phi) is 6.44. The van der Waals surface area contributed by atoms with E-state index < -0.39 is 8.32 Å². The van der Waals surface area contributed by atoms with E-state index >= 15 is 0 Å². The standard InChI is InChI=1S/C21H31NO2Si/c1-21(2,3)25(4,5)24-16-19(22)18-13-9-10-14-20(18)23-15-17-11-7-6-8-12-17/h6-14,19H,15-16,22H2,1-5H3. The van der Waals surface area contributed by atoms with E-state index in [0.29, 0.717) is 13.2 Å². The maximum atomic E-state index is 6.43. The van der Waals surface area contributed by atoms with Crippen molar-refractivity contribution in [2.24, 2.45) is 5.73 Å². The molecule has 0 fully saturated rings. The molecular formula is C21H31NO2Si. The molecular weight excluding hydrogens is 326 g/mol. The number of hydrogen-bond donors (Lipinski definition) is 1. The largest absolute Gasteiger partial charge is 0.489 e. The Morgan fingerprint density at radius 2 is 1.56 bits per heavy atom. The molecule has 0 aromatic heterocycles. The first-order chi connectivity index (χ1) is 11.7. The highest BCUT2D eigenvalue weighted by molar-refractivity contribution is 6.74. The van der Waals surface area contributed by atoms with Gasteiger partial charge in [-0.05, 0) is 29.8 Å². The highest BCUT2D eigenvalue weighted by atomic mass is 28.4. The first-order valence-corrected chi connectivity index (χ1v) is 11.8. The molecule has 2 rings (SSSR count). The van der Waals surface area contributed by atoms with Gasteiger partial charge >= 0.3 is 0 Å². The van der Waals surface area contributed by atoms with Crippen LogP contribution in [-0.4, -0.2) is 14.9 Å². The molecule has 0 aliphatic carbocycles. The van der Waals surface area contributed by atoms with Crippen molar-refractivity contribution in [3.05, 3.63) is 65.7 Å². The SMILES string of the molecule is CC(C)(C)[Si](C)(C)OCC(N)c1ccccc1OCc1ccccc1. The molecule has 0 aliphatic heterocycles. The first-order valence-electron chi connectivity index (χ1n) is 8.86. The Hall–Kier alpha value is -1.62. The van der Waals surface area contributed by atoms with Crippen LogP contribution in [0.4, 0.5) is 0 Å². The second kappa shape index (κ2) is 8.17. The second-order valence-corrected chi connectivity index (χ2v) is 12.8. The molecule has 1 atom stereocenters. The average molecular weight is 358 g/mol. The van der Waals surface area contributed by atoms with Crippen LogP contribution in [0.15, 0.2) is 54.6 Å². The molecule has 25 heavy (non-hydrogen) atoms. The van der Waals surface area contributed by atoms with Crippen LogP contribution < -0.4 is 10.5 Å². The first kappa shape index (κ1) is 19.7. The summed E-state index contributed by atoms with van der Waals surface area (Å²) in [6.45, 7) is 12.3. The van der Waals surface area contributed by atoms with Crippen molar-refractivity contribution < 1.29 is 9.16 Å². The quantitative estimate of drug-likeness (QED) is 0.685. The van der Waals surface area contributed by atoms with Crippen LogP contribution in [0.2, 0.25) is 18.1 Å². The van der Waals surface area contributed by atoms with Crippen molar-refractivity contribution in [2.45, 2.75) is 51.6 Å². The summed E-state index contributed by atoms with van der Waals surface area (Å²) in [7, 11) is -1.81. The van der Waals surface area contributed by atoms with E-state index in [1.54, 1.807) is 0 Å². The highest BCUT2D eigenvalue weighted by Crippen LogP contribution is 2.37. The van der Waals surface area contributed by atoms with Gasteiger partial charge in [-0.3, -0.25) is 0 Å². The van der Waals surface area contributed by atoms with Crippen LogP contribution in [0.3, 0.4) is 0 Å². The summed E-state index contributed by atoms with van der Waals surface area (Å²) in [5, 5.41) is 0.177. The summed E-state index contributed by atoms with van der Waals surface area (Å²) < 4.78 is 12.3. The molecule has 0 heterocycles. The second-order valence-electron chi connectivity index (χ2n) is 7.99. The highest BCUT2D eigenvalue weighted by Gasteiger charge is 2.37. The Labute approximate surface area is 153 Å². The maximum absolute atomic E-state index is 6.43. The molecule has 3 nitrogen and oxygen atoms in total. The van der Waals surface area contributed by atoms with Gasteiger partial charge in [0, 0.05) is 5.56 Å². The summed E-state index contributed by atoms with van der Waals surface area (Å²) >= 11 is 0. The van der Waals surface area contributed by atoms with Gasteiger partial charge in [-0.15, -0.1) is 0 Å². The minimum absolute atomic E-state index is 0.177. The minimum atomic E-state index is -1.81. The van der Waals surface area contributed by atoms with Crippen molar-refractivity contribution in [2.75, 3.05) is 6.61 Å². The summed E-state index contributed by atoms with van der Waals surface area (Å²) in [5.74, 6) is 0.831. The van der Waals surface area contributed by atoms with Crippen LogP contribution in [-0.2, 0) is 11.0 Å². The van der Waals surface area contributed by atoms with Crippen molar-refractivity contribution in [1.82, 2.24) is 0 Å². The number of rotatable bonds is 7. The van der Waals surface area contributed by atoms with Crippen molar-refractivity contribution in [3.8, 4) is 5.75 Å². The van der Waals surface area contributed by atoms with E-state index in [2.05, 4.69) is 46.0 Å². The van der Waals surface area contributed by atoms with E-state index in [-0.39, 0.29) is 11.1 Å². The lowest BCUT2D eigenvalue weighted by Crippen LogP contribution is -2.42. The zero-order valence-corrected chi connectivity index (χ0v) is 17.1. The topological polar surface area (TPSA) is 44.5 Å². The van der Waals surface area contributed by atoms with Gasteiger partial charge in [0.1, 0.15) is 12.4 Å². The minimum Gasteiger partial charge on any atom is -0.489 e. The molecule has 2 aromatic carbocycles. The van der Waals surface area contributed by atoms with Gasteiger partial charge in [-0.2, -0.15) is 0 Å². The molecule has 0 radical (unpaired) electrons. The lowest BCUT2D eigenvalue weighted by Gasteiger charge is -2.37. The van der Waals surface area contributed by atoms with Crippen molar-refractivity contribution >= 4 is 8.32 Å². The molecule has 4 heteroatoms. The van der Waals surface area contributed by atoms with Crippen molar-refractivity contribution in [1.29, 1.82) is 0 Å². The Morgan fingerprint density at radius 3 is 2.20 bits per heavy atom. The molecule has 136 valence electrons. The van der Waals surface area contributed by atoms with Gasteiger partial charge < -0.3 is 14.9 Å².